The maximum Gasteiger partial charge on any atom is 0.264 e. The third-order valence-electron chi connectivity index (χ3n) is 6.33. The third-order valence-corrected chi connectivity index (χ3v) is 8.10. The fraction of sp³-hybridized carbons (Fsp3) is 0.286. The first kappa shape index (κ1) is 27.0. The van der Waals surface area contributed by atoms with E-state index in [1.165, 1.54) is 32.4 Å². The number of sulfonamides is 1. The summed E-state index contributed by atoms with van der Waals surface area (Å²) >= 11 is 0. The summed E-state index contributed by atoms with van der Waals surface area (Å²) in [5.74, 6) is 0.389. The van der Waals surface area contributed by atoms with Gasteiger partial charge in [0.15, 0.2) is 0 Å². The molecular weight excluding hydrogens is 506 g/mol. The number of methoxy groups -OCH3 is 2. The highest BCUT2D eigenvalue weighted by Gasteiger charge is 2.30. The molecular formula is C28H31N3O6S. The molecule has 1 heterocycles. The summed E-state index contributed by atoms with van der Waals surface area (Å²) < 4.78 is 39.0. The number of hydrogen-bond acceptors (Lipinski definition) is 6. The Balaban J connectivity index is 1.50. The average molecular weight is 538 g/mol. The van der Waals surface area contributed by atoms with Gasteiger partial charge in [-0.2, -0.15) is 0 Å². The normalized spacial score (nSPS) is 13.3. The predicted molar refractivity (Wildman–Crippen MR) is 143 cm³/mol. The number of carbonyl (C=O) groups excluding carboxylic acids is 2. The molecule has 4 rings (SSSR count). The Kier molecular flexibility index (Phi) is 8.52. The highest BCUT2D eigenvalue weighted by atomic mass is 32.2. The van der Waals surface area contributed by atoms with Gasteiger partial charge in [0, 0.05) is 32.1 Å². The monoisotopic (exact) mass is 537 g/mol. The second kappa shape index (κ2) is 12.0. The summed E-state index contributed by atoms with van der Waals surface area (Å²) in [6.07, 6.45) is 1.49. The molecule has 3 aromatic rings. The van der Waals surface area contributed by atoms with Crippen LogP contribution in [-0.2, 0) is 32.7 Å². The average Bonchev–Trinajstić information content (AvgIpc) is 3.35. The smallest absolute Gasteiger partial charge is 0.264 e. The minimum Gasteiger partial charge on any atom is -0.497 e. The highest BCUT2D eigenvalue weighted by Crippen LogP contribution is 2.35. The van der Waals surface area contributed by atoms with Crippen molar-refractivity contribution in [3.05, 3.63) is 83.9 Å². The lowest BCUT2D eigenvalue weighted by Crippen LogP contribution is -2.40. The molecule has 0 saturated carbocycles. The van der Waals surface area contributed by atoms with E-state index in [4.69, 9.17) is 9.47 Å². The van der Waals surface area contributed by atoms with Gasteiger partial charge in [-0.25, -0.2) is 8.42 Å². The molecule has 0 aromatic heterocycles. The van der Waals surface area contributed by atoms with Crippen molar-refractivity contribution in [3.63, 3.8) is 0 Å². The lowest BCUT2D eigenvalue weighted by Gasteiger charge is -2.26. The standard InChI is InChI=1S/C28H31N3O6S/c1-36-23-14-15-26(37-2)25(17-23)31(38(34,35)24-7-4-3-5-8-24)20-27(32)29-18-21-10-12-22(13-11-21)19-30-16-6-9-28(30)33/h3-5,7-8,10-15,17H,6,9,16,18-20H2,1-2H3,(H,29,32). The minimum atomic E-state index is -4.11. The molecule has 1 saturated heterocycles. The molecule has 0 atom stereocenters. The maximum atomic E-state index is 13.6. The molecule has 0 radical (unpaired) electrons. The Morgan fingerprint density at radius 1 is 0.974 bits per heavy atom. The van der Waals surface area contributed by atoms with Crippen LogP contribution in [0.5, 0.6) is 11.5 Å². The van der Waals surface area contributed by atoms with Gasteiger partial charge >= 0.3 is 0 Å². The van der Waals surface area contributed by atoms with Crippen molar-refractivity contribution < 1.29 is 27.5 Å². The Labute approximate surface area is 223 Å². The Hall–Kier alpha value is -4.05. The minimum absolute atomic E-state index is 0.0461. The molecule has 1 N–H and O–H groups in total. The largest absolute Gasteiger partial charge is 0.497 e. The van der Waals surface area contributed by atoms with Gasteiger partial charge in [-0.15, -0.1) is 0 Å². The van der Waals surface area contributed by atoms with E-state index < -0.39 is 22.5 Å². The van der Waals surface area contributed by atoms with Crippen LogP contribution in [0, 0.1) is 0 Å². The van der Waals surface area contributed by atoms with Gasteiger partial charge in [0.1, 0.15) is 18.0 Å². The van der Waals surface area contributed by atoms with Gasteiger partial charge in [0.25, 0.3) is 10.0 Å². The summed E-state index contributed by atoms with van der Waals surface area (Å²) in [6, 6.07) is 20.3. The van der Waals surface area contributed by atoms with Crippen LogP contribution in [0.15, 0.2) is 77.7 Å². The zero-order valence-corrected chi connectivity index (χ0v) is 22.2. The third kappa shape index (κ3) is 6.25. The van der Waals surface area contributed by atoms with Gasteiger partial charge in [-0.1, -0.05) is 42.5 Å². The van der Waals surface area contributed by atoms with E-state index in [2.05, 4.69) is 5.32 Å². The van der Waals surface area contributed by atoms with Gasteiger partial charge in [-0.05, 0) is 41.8 Å². The number of rotatable bonds is 11. The molecule has 0 unspecified atom stereocenters. The van der Waals surface area contributed by atoms with Crippen molar-refractivity contribution in [2.45, 2.75) is 30.8 Å². The molecule has 200 valence electrons. The van der Waals surface area contributed by atoms with E-state index in [0.717, 1.165) is 28.4 Å². The Morgan fingerprint density at radius 2 is 1.68 bits per heavy atom. The maximum absolute atomic E-state index is 13.6. The molecule has 1 fully saturated rings. The highest BCUT2D eigenvalue weighted by molar-refractivity contribution is 7.92. The van der Waals surface area contributed by atoms with Crippen molar-refractivity contribution in [2.24, 2.45) is 0 Å². The van der Waals surface area contributed by atoms with Crippen molar-refractivity contribution in [1.82, 2.24) is 10.2 Å². The Morgan fingerprint density at radius 3 is 2.32 bits per heavy atom. The van der Waals surface area contributed by atoms with E-state index in [-0.39, 0.29) is 28.8 Å². The van der Waals surface area contributed by atoms with Crippen LogP contribution >= 0.6 is 0 Å². The fourth-order valence-electron chi connectivity index (χ4n) is 4.25. The second-order valence-electron chi connectivity index (χ2n) is 8.87. The number of nitrogens with zero attached hydrogens (tertiary/aromatic N) is 2. The van der Waals surface area contributed by atoms with Gasteiger partial charge < -0.3 is 19.7 Å². The lowest BCUT2D eigenvalue weighted by molar-refractivity contribution is -0.128. The molecule has 0 aliphatic carbocycles. The Bertz CT molecular complexity index is 1380. The molecule has 1 aliphatic rings. The van der Waals surface area contributed by atoms with E-state index in [1.54, 1.807) is 30.3 Å². The first-order valence-electron chi connectivity index (χ1n) is 12.2. The second-order valence-corrected chi connectivity index (χ2v) is 10.7. The van der Waals surface area contributed by atoms with Gasteiger partial charge in [0.05, 0.1) is 24.8 Å². The number of anilines is 1. The number of amides is 2. The topological polar surface area (TPSA) is 105 Å². The molecule has 38 heavy (non-hydrogen) atoms. The van der Waals surface area contributed by atoms with Crippen LogP contribution < -0.4 is 19.1 Å². The van der Waals surface area contributed by atoms with Crippen LogP contribution in [0.25, 0.3) is 0 Å². The zero-order chi connectivity index (χ0) is 27.1. The van der Waals surface area contributed by atoms with Crippen LogP contribution in [0.3, 0.4) is 0 Å². The first-order chi connectivity index (χ1) is 18.3. The molecule has 10 heteroatoms. The molecule has 9 nitrogen and oxygen atoms in total. The van der Waals surface area contributed by atoms with Crippen LogP contribution in [0.1, 0.15) is 24.0 Å². The van der Waals surface area contributed by atoms with Crippen molar-refractivity contribution in [1.29, 1.82) is 0 Å². The quantitative estimate of drug-likeness (QED) is 0.402. The van der Waals surface area contributed by atoms with E-state index in [9.17, 15) is 18.0 Å². The van der Waals surface area contributed by atoms with Crippen LogP contribution in [-0.4, -0.2) is 52.4 Å². The van der Waals surface area contributed by atoms with Crippen LogP contribution in [0.2, 0.25) is 0 Å². The zero-order valence-electron chi connectivity index (χ0n) is 21.4. The summed E-state index contributed by atoms with van der Waals surface area (Å²) in [6.45, 7) is 1.10. The van der Waals surface area contributed by atoms with E-state index >= 15 is 0 Å². The molecule has 0 bridgehead atoms. The van der Waals surface area contributed by atoms with Gasteiger partial charge in [0.2, 0.25) is 11.8 Å². The summed E-state index contributed by atoms with van der Waals surface area (Å²) in [7, 11) is -1.20. The number of carbonyl (C=O) groups is 2. The number of likely N-dealkylation sites (tertiary alicyclic amines) is 1. The van der Waals surface area contributed by atoms with Crippen LogP contribution in [0.4, 0.5) is 5.69 Å². The number of benzene rings is 3. The summed E-state index contributed by atoms with van der Waals surface area (Å²) in [5, 5.41) is 2.81. The molecule has 0 spiro atoms. The predicted octanol–water partition coefficient (Wildman–Crippen LogP) is 3.34. The number of ether oxygens (including phenoxy) is 2. The van der Waals surface area contributed by atoms with Gasteiger partial charge in [-0.3, -0.25) is 13.9 Å². The summed E-state index contributed by atoms with van der Waals surface area (Å²) in [5.41, 5.74) is 2.05. The van der Waals surface area contributed by atoms with Crippen molar-refractivity contribution in [3.8, 4) is 11.5 Å². The number of hydrogen-bond donors (Lipinski definition) is 1. The van der Waals surface area contributed by atoms with Crippen molar-refractivity contribution >= 4 is 27.5 Å². The number of nitrogens with one attached hydrogen (secondary N) is 1. The molecule has 1 aliphatic heterocycles. The molecule has 3 aromatic carbocycles. The SMILES string of the molecule is COc1ccc(OC)c(N(CC(=O)NCc2ccc(CN3CCCC3=O)cc2)S(=O)(=O)c2ccccc2)c1. The van der Waals surface area contributed by atoms with E-state index in [1.807, 2.05) is 29.2 Å². The van der Waals surface area contributed by atoms with E-state index in [0.29, 0.717) is 18.7 Å². The first-order valence-corrected chi connectivity index (χ1v) is 13.7. The van der Waals surface area contributed by atoms with Crippen molar-refractivity contribution in [2.75, 3.05) is 31.6 Å². The summed E-state index contributed by atoms with van der Waals surface area (Å²) in [4.78, 5) is 26.8. The molecule has 2 amide bonds. The lowest BCUT2D eigenvalue weighted by atomic mass is 10.1. The fourth-order valence-corrected chi connectivity index (χ4v) is 5.70.